The molecule has 0 spiro atoms. The van der Waals surface area contributed by atoms with Gasteiger partial charge in [0.25, 0.3) is 5.91 Å². The molecule has 2 N–H and O–H groups in total. The predicted molar refractivity (Wildman–Crippen MR) is 70.5 cm³/mol. The summed E-state index contributed by atoms with van der Waals surface area (Å²) in [6.07, 6.45) is 5.29. The van der Waals surface area contributed by atoms with Crippen LogP contribution in [0.4, 0.5) is 0 Å². The maximum atomic E-state index is 12.4. The molecule has 1 atom stereocenters. The predicted octanol–water partition coefficient (Wildman–Crippen LogP) is 1.32. The molecular weight excluding hydrogens is 228 g/mol. The van der Waals surface area contributed by atoms with Gasteiger partial charge in [0.1, 0.15) is 0 Å². The number of carbonyl (C=O) groups is 1. The zero-order valence-electron chi connectivity index (χ0n) is 11.2. The van der Waals surface area contributed by atoms with E-state index in [1.165, 1.54) is 12.8 Å². The summed E-state index contributed by atoms with van der Waals surface area (Å²) in [7, 11) is 0. The van der Waals surface area contributed by atoms with Crippen LogP contribution in [-0.4, -0.2) is 46.7 Å². The Hall–Kier alpha value is -1.36. The molecular formula is C13H22N4O. The Morgan fingerprint density at radius 2 is 2.39 bits per heavy atom. The van der Waals surface area contributed by atoms with Crippen molar-refractivity contribution in [1.82, 2.24) is 20.4 Å². The van der Waals surface area contributed by atoms with Crippen LogP contribution in [0.2, 0.25) is 0 Å². The number of hydrogen-bond acceptors (Lipinski definition) is 3. The summed E-state index contributed by atoms with van der Waals surface area (Å²) in [6, 6.07) is 0.440. The summed E-state index contributed by atoms with van der Waals surface area (Å²) < 4.78 is 0. The van der Waals surface area contributed by atoms with Crippen molar-refractivity contribution in [1.29, 1.82) is 0 Å². The molecule has 18 heavy (non-hydrogen) atoms. The van der Waals surface area contributed by atoms with Crippen molar-refractivity contribution in [2.45, 2.75) is 39.2 Å². The molecule has 2 rings (SSSR count). The van der Waals surface area contributed by atoms with E-state index < -0.39 is 0 Å². The van der Waals surface area contributed by atoms with Crippen LogP contribution in [0.15, 0.2) is 6.20 Å². The molecule has 1 amide bonds. The van der Waals surface area contributed by atoms with Crippen molar-refractivity contribution >= 4 is 5.91 Å². The van der Waals surface area contributed by atoms with Gasteiger partial charge in [-0.15, -0.1) is 0 Å². The van der Waals surface area contributed by atoms with Crippen molar-refractivity contribution in [3.05, 3.63) is 17.5 Å². The number of aromatic amines is 1. The normalized spacial score (nSPS) is 19.8. The molecule has 1 fully saturated rings. The number of nitrogens with zero attached hydrogens (tertiary/aromatic N) is 2. The highest BCUT2D eigenvalue weighted by Gasteiger charge is 2.22. The minimum Gasteiger partial charge on any atom is -0.337 e. The lowest BCUT2D eigenvalue weighted by Gasteiger charge is -2.29. The molecule has 1 aliphatic heterocycles. The first kappa shape index (κ1) is 13.1. The van der Waals surface area contributed by atoms with Gasteiger partial charge in [-0.1, -0.05) is 6.42 Å². The summed E-state index contributed by atoms with van der Waals surface area (Å²) in [5, 5.41) is 10.2. The zero-order valence-corrected chi connectivity index (χ0v) is 11.2. The fraction of sp³-hybridized carbons (Fsp3) is 0.692. The van der Waals surface area contributed by atoms with Crippen molar-refractivity contribution in [3.63, 3.8) is 0 Å². The summed E-state index contributed by atoms with van der Waals surface area (Å²) in [6.45, 7) is 6.51. The number of aryl methyl sites for hydroxylation is 1. The molecule has 5 nitrogen and oxygen atoms in total. The van der Waals surface area contributed by atoms with Gasteiger partial charge in [-0.25, -0.2) is 0 Å². The van der Waals surface area contributed by atoms with Gasteiger partial charge in [-0.2, -0.15) is 5.10 Å². The standard InChI is InChI=1S/C13H22N4O/c1-3-17(9-11-6-4-5-7-14-11)13(18)12-8-15-16-10(12)2/h8,11,14H,3-7,9H2,1-2H3,(H,15,16). The zero-order chi connectivity index (χ0) is 13.0. The molecule has 1 saturated heterocycles. The Labute approximate surface area is 108 Å². The number of H-pyrrole nitrogens is 1. The first-order valence-electron chi connectivity index (χ1n) is 6.75. The Bertz CT molecular complexity index is 395. The number of amides is 1. The minimum absolute atomic E-state index is 0.0797. The highest BCUT2D eigenvalue weighted by molar-refractivity contribution is 5.95. The third kappa shape index (κ3) is 2.90. The number of piperidine rings is 1. The molecule has 0 aromatic carbocycles. The van der Waals surface area contributed by atoms with Gasteiger partial charge in [-0.3, -0.25) is 9.89 Å². The van der Waals surface area contributed by atoms with Gasteiger partial charge < -0.3 is 10.2 Å². The molecule has 100 valence electrons. The van der Waals surface area contributed by atoms with Crippen molar-refractivity contribution in [2.24, 2.45) is 0 Å². The summed E-state index contributed by atoms with van der Waals surface area (Å²) >= 11 is 0. The van der Waals surface area contributed by atoms with E-state index in [4.69, 9.17) is 0 Å². The van der Waals surface area contributed by atoms with Crippen LogP contribution in [-0.2, 0) is 0 Å². The van der Waals surface area contributed by atoms with E-state index in [0.29, 0.717) is 11.6 Å². The van der Waals surface area contributed by atoms with E-state index in [2.05, 4.69) is 15.5 Å². The van der Waals surface area contributed by atoms with Gasteiger partial charge in [0, 0.05) is 24.8 Å². The van der Waals surface area contributed by atoms with Crippen molar-refractivity contribution in [2.75, 3.05) is 19.6 Å². The maximum Gasteiger partial charge on any atom is 0.257 e. The maximum absolute atomic E-state index is 12.4. The van der Waals surface area contributed by atoms with Crippen LogP contribution in [0.1, 0.15) is 42.2 Å². The lowest BCUT2D eigenvalue weighted by molar-refractivity contribution is 0.0741. The molecule has 0 saturated carbocycles. The Morgan fingerprint density at radius 1 is 1.56 bits per heavy atom. The monoisotopic (exact) mass is 250 g/mol. The summed E-state index contributed by atoms with van der Waals surface area (Å²) in [4.78, 5) is 14.3. The summed E-state index contributed by atoms with van der Waals surface area (Å²) in [5.74, 6) is 0.0797. The molecule has 1 aromatic heterocycles. The third-order valence-electron chi connectivity index (χ3n) is 3.58. The quantitative estimate of drug-likeness (QED) is 0.847. The lowest BCUT2D eigenvalue weighted by Crippen LogP contribution is -2.45. The molecule has 2 heterocycles. The second kappa shape index (κ2) is 6.00. The minimum atomic E-state index is 0.0797. The fourth-order valence-electron chi connectivity index (χ4n) is 2.44. The average Bonchev–Trinajstić information content (AvgIpc) is 2.82. The van der Waals surface area contributed by atoms with Gasteiger partial charge >= 0.3 is 0 Å². The number of hydrogen-bond donors (Lipinski definition) is 2. The molecule has 1 aromatic rings. The number of rotatable bonds is 4. The van der Waals surface area contributed by atoms with Gasteiger partial charge in [0.2, 0.25) is 0 Å². The van der Waals surface area contributed by atoms with Crippen LogP contribution in [0.5, 0.6) is 0 Å². The molecule has 0 radical (unpaired) electrons. The highest BCUT2D eigenvalue weighted by Crippen LogP contribution is 2.12. The van der Waals surface area contributed by atoms with E-state index in [1.54, 1.807) is 6.20 Å². The van der Waals surface area contributed by atoms with E-state index in [9.17, 15) is 4.79 Å². The second-order valence-electron chi connectivity index (χ2n) is 4.90. The Balaban J connectivity index is 1.99. The van der Waals surface area contributed by atoms with Crippen LogP contribution in [0.3, 0.4) is 0 Å². The van der Waals surface area contributed by atoms with Crippen LogP contribution in [0.25, 0.3) is 0 Å². The van der Waals surface area contributed by atoms with E-state index in [0.717, 1.165) is 31.7 Å². The number of carbonyl (C=O) groups excluding carboxylic acids is 1. The van der Waals surface area contributed by atoms with Gasteiger partial charge in [0.05, 0.1) is 11.8 Å². The number of nitrogens with one attached hydrogen (secondary N) is 2. The molecule has 1 aliphatic rings. The van der Waals surface area contributed by atoms with Crippen LogP contribution >= 0.6 is 0 Å². The van der Waals surface area contributed by atoms with Gasteiger partial charge in [-0.05, 0) is 33.2 Å². The number of likely N-dealkylation sites (N-methyl/N-ethyl adjacent to an activating group) is 1. The van der Waals surface area contributed by atoms with Crippen LogP contribution < -0.4 is 5.32 Å². The highest BCUT2D eigenvalue weighted by atomic mass is 16.2. The second-order valence-corrected chi connectivity index (χ2v) is 4.90. The first-order valence-corrected chi connectivity index (χ1v) is 6.75. The van der Waals surface area contributed by atoms with Crippen LogP contribution in [0, 0.1) is 6.92 Å². The smallest absolute Gasteiger partial charge is 0.257 e. The lowest BCUT2D eigenvalue weighted by atomic mass is 10.0. The molecule has 0 aliphatic carbocycles. The average molecular weight is 250 g/mol. The van der Waals surface area contributed by atoms with E-state index in [-0.39, 0.29) is 5.91 Å². The van der Waals surface area contributed by atoms with Crippen molar-refractivity contribution in [3.8, 4) is 0 Å². The van der Waals surface area contributed by atoms with Gasteiger partial charge in [0.15, 0.2) is 0 Å². The summed E-state index contributed by atoms with van der Waals surface area (Å²) in [5.41, 5.74) is 1.53. The van der Waals surface area contributed by atoms with Crippen molar-refractivity contribution < 1.29 is 4.79 Å². The largest absolute Gasteiger partial charge is 0.337 e. The topological polar surface area (TPSA) is 61.0 Å². The molecule has 0 bridgehead atoms. The molecule has 5 heteroatoms. The first-order chi connectivity index (χ1) is 8.72. The fourth-order valence-corrected chi connectivity index (χ4v) is 2.44. The Kier molecular flexibility index (Phi) is 4.36. The molecule has 1 unspecified atom stereocenters. The SMILES string of the molecule is CCN(CC1CCCCN1)C(=O)c1cn[nH]c1C. The third-order valence-corrected chi connectivity index (χ3v) is 3.58. The van der Waals surface area contributed by atoms with E-state index in [1.807, 2.05) is 18.7 Å². The van der Waals surface area contributed by atoms with E-state index >= 15 is 0 Å². The number of aromatic nitrogens is 2. The Morgan fingerprint density at radius 3 is 2.94 bits per heavy atom.